The van der Waals surface area contributed by atoms with Crippen molar-refractivity contribution in [3.8, 4) is 0 Å². The van der Waals surface area contributed by atoms with Crippen molar-refractivity contribution in [3.05, 3.63) is 46.4 Å². The lowest BCUT2D eigenvalue weighted by molar-refractivity contribution is -0.124. The van der Waals surface area contributed by atoms with Gasteiger partial charge in [0.25, 0.3) is 5.56 Å². The fraction of sp³-hybridized carbons (Fsp3) is 0.450. The molecule has 6 nitrogen and oxygen atoms in total. The van der Waals surface area contributed by atoms with E-state index in [2.05, 4.69) is 24.1 Å². The van der Waals surface area contributed by atoms with E-state index in [1.807, 2.05) is 47.3 Å². The van der Waals surface area contributed by atoms with Crippen molar-refractivity contribution >= 4 is 22.5 Å². The van der Waals surface area contributed by atoms with Crippen LogP contribution in [0.4, 0.5) is 0 Å². The normalized spacial score (nSPS) is 12.8. The van der Waals surface area contributed by atoms with Gasteiger partial charge in [-0.1, -0.05) is 32.9 Å². The van der Waals surface area contributed by atoms with Gasteiger partial charge >= 0.3 is 0 Å². The van der Waals surface area contributed by atoms with Gasteiger partial charge in [-0.25, -0.2) is 4.52 Å². The second kappa shape index (κ2) is 7.32. The maximum atomic E-state index is 12.9. The highest BCUT2D eigenvalue weighted by molar-refractivity contribution is 5.94. The number of carbonyl (C=O) groups excluding carboxylic acids is 1. The van der Waals surface area contributed by atoms with E-state index in [1.165, 1.54) is 6.07 Å². The summed E-state index contributed by atoms with van der Waals surface area (Å²) in [5.41, 5.74) is 2.00. The Balaban J connectivity index is 2.15. The molecule has 1 atom stereocenters. The van der Waals surface area contributed by atoms with E-state index in [1.54, 1.807) is 0 Å². The van der Waals surface area contributed by atoms with Crippen LogP contribution in [0.25, 0.3) is 16.6 Å². The van der Waals surface area contributed by atoms with Crippen LogP contribution in [0.15, 0.2) is 35.1 Å². The van der Waals surface area contributed by atoms with Crippen LogP contribution in [0.1, 0.15) is 45.3 Å². The van der Waals surface area contributed by atoms with Gasteiger partial charge in [-0.3, -0.25) is 14.3 Å². The number of rotatable bonds is 6. The summed E-state index contributed by atoms with van der Waals surface area (Å²) < 4.78 is 3.86. The van der Waals surface area contributed by atoms with Gasteiger partial charge in [-0.15, -0.1) is 0 Å². The molecular weight excluding hydrogens is 328 g/mol. The highest BCUT2D eigenvalue weighted by Crippen LogP contribution is 2.26. The number of nitrogens with one attached hydrogen (secondary N) is 1. The monoisotopic (exact) mass is 354 g/mol. The lowest BCUT2D eigenvalue weighted by atomic mass is 10.1. The molecule has 0 fully saturated rings. The SMILES string of the molecule is CC[C@@H](C(=O)NCCC(C)C)n1c2ccccc2c2nc(=O)cc(C)n21. The van der Waals surface area contributed by atoms with E-state index in [9.17, 15) is 9.59 Å². The molecule has 26 heavy (non-hydrogen) atoms. The van der Waals surface area contributed by atoms with E-state index in [-0.39, 0.29) is 17.5 Å². The number of hydrogen-bond acceptors (Lipinski definition) is 3. The molecule has 1 amide bonds. The molecular formula is C20H26N4O2. The molecule has 3 rings (SSSR count). The molecule has 138 valence electrons. The fourth-order valence-corrected chi connectivity index (χ4v) is 3.39. The van der Waals surface area contributed by atoms with Crippen LogP contribution in [0, 0.1) is 12.8 Å². The molecule has 3 aromatic rings. The van der Waals surface area contributed by atoms with E-state index < -0.39 is 0 Å². The number of para-hydroxylation sites is 1. The number of aromatic nitrogens is 3. The first-order chi connectivity index (χ1) is 12.4. The Labute approximate surface area is 152 Å². The fourth-order valence-electron chi connectivity index (χ4n) is 3.39. The predicted molar refractivity (Wildman–Crippen MR) is 103 cm³/mol. The van der Waals surface area contributed by atoms with Crippen molar-refractivity contribution < 1.29 is 4.79 Å². The number of benzene rings is 1. The highest BCUT2D eigenvalue weighted by atomic mass is 16.2. The number of nitrogens with zero attached hydrogens (tertiary/aromatic N) is 3. The second-order valence-electron chi connectivity index (χ2n) is 7.13. The van der Waals surface area contributed by atoms with Crippen LogP contribution in [-0.2, 0) is 4.79 Å². The summed E-state index contributed by atoms with van der Waals surface area (Å²) in [6.07, 6.45) is 1.59. The van der Waals surface area contributed by atoms with Crippen LogP contribution in [0.2, 0.25) is 0 Å². The quantitative estimate of drug-likeness (QED) is 0.740. The van der Waals surface area contributed by atoms with E-state index in [0.29, 0.717) is 24.5 Å². The minimum absolute atomic E-state index is 0.00565. The molecule has 6 heteroatoms. The largest absolute Gasteiger partial charge is 0.354 e. The van der Waals surface area contributed by atoms with Crippen LogP contribution in [-0.4, -0.2) is 26.6 Å². The molecule has 0 bridgehead atoms. The molecule has 1 aromatic carbocycles. The van der Waals surface area contributed by atoms with Crippen molar-refractivity contribution in [2.45, 2.75) is 46.6 Å². The van der Waals surface area contributed by atoms with Crippen LogP contribution in [0.5, 0.6) is 0 Å². The molecule has 1 N–H and O–H groups in total. The number of aryl methyl sites for hydroxylation is 1. The van der Waals surface area contributed by atoms with E-state index >= 15 is 0 Å². The number of carbonyl (C=O) groups is 1. The first kappa shape index (κ1) is 18.2. The Bertz CT molecular complexity index is 1000. The Morgan fingerprint density at radius 3 is 2.69 bits per heavy atom. The molecule has 2 aromatic heterocycles. The minimum Gasteiger partial charge on any atom is -0.354 e. The predicted octanol–water partition coefficient (Wildman–Crippen LogP) is 3.07. The van der Waals surface area contributed by atoms with Crippen molar-refractivity contribution in [3.63, 3.8) is 0 Å². The average molecular weight is 354 g/mol. The van der Waals surface area contributed by atoms with Crippen LogP contribution >= 0.6 is 0 Å². The molecule has 0 radical (unpaired) electrons. The topological polar surface area (TPSA) is 68.4 Å². The van der Waals surface area contributed by atoms with Gasteiger partial charge in [0, 0.05) is 23.7 Å². The summed E-state index contributed by atoms with van der Waals surface area (Å²) in [7, 11) is 0. The maximum absolute atomic E-state index is 12.9. The standard InChI is InChI=1S/C20H26N4O2/c1-5-16(20(26)21-11-10-13(2)3)24-17-9-7-6-8-15(17)19-22-18(25)12-14(4)23(19)24/h6-9,12-13,16H,5,10-11H2,1-4H3,(H,21,26)/t16-/m0/s1. The Morgan fingerprint density at radius 1 is 1.27 bits per heavy atom. The molecule has 0 aliphatic carbocycles. The smallest absolute Gasteiger partial charge is 0.273 e. The van der Waals surface area contributed by atoms with Crippen molar-refractivity contribution in [2.24, 2.45) is 5.92 Å². The van der Waals surface area contributed by atoms with Gasteiger partial charge in [-0.2, -0.15) is 4.98 Å². The Morgan fingerprint density at radius 2 is 2.00 bits per heavy atom. The molecule has 0 aliphatic heterocycles. The minimum atomic E-state index is -0.368. The Kier molecular flexibility index (Phi) is 5.11. The first-order valence-corrected chi connectivity index (χ1v) is 9.21. The lowest BCUT2D eigenvalue weighted by Crippen LogP contribution is -2.35. The molecule has 0 saturated carbocycles. The van der Waals surface area contributed by atoms with Crippen molar-refractivity contribution in [2.75, 3.05) is 6.54 Å². The number of fused-ring (bicyclic) bond motifs is 3. The van der Waals surface area contributed by atoms with Gasteiger partial charge in [0.15, 0.2) is 5.65 Å². The van der Waals surface area contributed by atoms with Gasteiger partial charge in [0.2, 0.25) is 5.91 Å². The van der Waals surface area contributed by atoms with Crippen LogP contribution < -0.4 is 10.9 Å². The zero-order chi connectivity index (χ0) is 18.8. The van der Waals surface area contributed by atoms with Crippen LogP contribution in [0.3, 0.4) is 0 Å². The lowest BCUT2D eigenvalue weighted by Gasteiger charge is -2.20. The zero-order valence-corrected chi connectivity index (χ0v) is 15.8. The summed E-state index contributed by atoms with van der Waals surface area (Å²) in [6, 6.07) is 8.91. The van der Waals surface area contributed by atoms with E-state index in [4.69, 9.17) is 0 Å². The maximum Gasteiger partial charge on any atom is 0.273 e. The van der Waals surface area contributed by atoms with Gasteiger partial charge in [0.05, 0.1) is 5.52 Å². The molecule has 0 spiro atoms. The summed E-state index contributed by atoms with van der Waals surface area (Å²) in [6.45, 7) is 8.81. The third-order valence-electron chi connectivity index (χ3n) is 4.70. The first-order valence-electron chi connectivity index (χ1n) is 9.21. The highest BCUT2D eigenvalue weighted by Gasteiger charge is 2.24. The molecule has 0 unspecified atom stereocenters. The van der Waals surface area contributed by atoms with Gasteiger partial charge in [0.1, 0.15) is 6.04 Å². The summed E-state index contributed by atoms with van der Waals surface area (Å²) in [4.78, 5) is 29.0. The Hall–Kier alpha value is -2.63. The summed E-state index contributed by atoms with van der Waals surface area (Å²) in [5.74, 6) is 0.536. The second-order valence-corrected chi connectivity index (χ2v) is 7.13. The summed E-state index contributed by atoms with van der Waals surface area (Å²) >= 11 is 0. The number of hydrogen-bond donors (Lipinski definition) is 1. The summed E-state index contributed by atoms with van der Waals surface area (Å²) in [5, 5.41) is 3.93. The number of amides is 1. The van der Waals surface area contributed by atoms with Gasteiger partial charge in [-0.05, 0) is 37.8 Å². The molecule has 0 aliphatic rings. The van der Waals surface area contributed by atoms with Crippen molar-refractivity contribution in [1.82, 2.24) is 19.5 Å². The third-order valence-corrected chi connectivity index (χ3v) is 4.70. The van der Waals surface area contributed by atoms with E-state index in [0.717, 1.165) is 23.0 Å². The zero-order valence-electron chi connectivity index (χ0n) is 15.8. The third kappa shape index (κ3) is 3.23. The molecule has 2 heterocycles. The molecule has 0 saturated heterocycles. The average Bonchev–Trinajstić information content (AvgIpc) is 2.90. The van der Waals surface area contributed by atoms with Gasteiger partial charge < -0.3 is 5.32 Å². The van der Waals surface area contributed by atoms with Crippen molar-refractivity contribution in [1.29, 1.82) is 0 Å².